The van der Waals surface area contributed by atoms with E-state index in [2.05, 4.69) is 15.6 Å². The topological polar surface area (TPSA) is 91.4 Å². The van der Waals surface area contributed by atoms with E-state index in [9.17, 15) is 14.4 Å². The van der Waals surface area contributed by atoms with E-state index in [1.54, 1.807) is 41.6 Å². The fourth-order valence-electron chi connectivity index (χ4n) is 2.40. The van der Waals surface area contributed by atoms with Gasteiger partial charge in [0.25, 0.3) is 0 Å². The number of carbonyl (C=O) groups is 3. The molecule has 0 aliphatic heterocycles. The van der Waals surface area contributed by atoms with Crippen LogP contribution in [0.4, 0.5) is 11.4 Å². The number of aromatic nitrogens is 1. The second-order valence-electron chi connectivity index (χ2n) is 5.86. The Balaban J connectivity index is 1.90. The summed E-state index contributed by atoms with van der Waals surface area (Å²) >= 11 is 0. The molecule has 2 rings (SSSR count). The molecule has 0 fully saturated rings. The molecule has 2 N–H and O–H groups in total. The van der Waals surface area contributed by atoms with Crippen molar-refractivity contribution >= 4 is 29.1 Å². The molecule has 0 aliphatic rings. The van der Waals surface area contributed by atoms with Gasteiger partial charge >= 0.3 is 0 Å². The van der Waals surface area contributed by atoms with Gasteiger partial charge in [-0.25, -0.2) is 0 Å². The molecule has 0 unspecified atom stereocenters. The molecule has 2 aromatic rings. The number of pyridine rings is 1. The summed E-state index contributed by atoms with van der Waals surface area (Å²) < 4.78 is 0. The number of rotatable bonds is 7. The molecule has 1 heterocycles. The Bertz CT molecular complexity index is 777. The third kappa shape index (κ3) is 6.35. The molecular weight excluding hydrogens is 332 g/mol. The predicted octanol–water partition coefficient (Wildman–Crippen LogP) is 2.42. The molecule has 0 radical (unpaired) electrons. The second-order valence-corrected chi connectivity index (χ2v) is 5.86. The number of nitrogens with zero attached hydrogens (tertiary/aromatic N) is 2. The fraction of sp³-hybridized carbons (Fsp3) is 0.263. The summed E-state index contributed by atoms with van der Waals surface area (Å²) in [5.74, 6) is -0.488. The van der Waals surface area contributed by atoms with E-state index >= 15 is 0 Å². The summed E-state index contributed by atoms with van der Waals surface area (Å²) in [4.78, 5) is 40.7. The van der Waals surface area contributed by atoms with Gasteiger partial charge in [-0.2, -0.15) is 0 Å². The Morgan fingerprint density at radius 1 is 1.04 bits per heavy atom. The van der Waals surface area contributed by atoms with Gasteiger partial charge in [-0.1, -0.05) is 12.1 Å². The number of carbonyl (C=O) groups excluding carboxylic acids is 3. The smallest absolute Gasteiger partial charge is 0.226 e. The quantitative estimate of drug-likeness (QED) is 0.799. The largest absolute Gasteiger partial charge is 0.338 e. The van der Waals surface area contributed by atoms with E-state index in [1.807, 2.05) is 12.1 Å². The highest BCUT2D eigenvalue weighted by molar-refractivity contribution is 5.93. The number of nitrogens with one attached hydrogen (secondary N) is 2. The van der Waals surface area contributed by atoms with Crippen molar-refractivity contribution in [1.29, 1.82) is 0 Å². The van der Waals surface area contributed by atoms with E-state index in [-0.39, 0.29) is 24.1 Å². The SMILES string of the molecule is CC(=O)Nc1cccc(NC(=O)CCN(Cc2cccnc2)C(C)=O)c1. The van der Waals surface area contributed by atoms with Gasteiger partial charge in [0, 0.05) is 57.1 Å². The summed E-state index contributed by atoms with van der Waals surface area (Å²) in [5, 5.41) is 5.44. The third-order valence-electron chi connectivity index (χ3n) is 3.62. The van der Waals surface area contributed by atoms with Gasteiger partial charge in [0.15, 0.2) is 0 Å². The van der Waals surface area contributed by atoms with Crippen LogP contribution in [-0.4, -0.2) is 34.2 Å². The zero-order chi connectivity index (χ0) is 18.9. The molecule has 136 valence electrons. The van der Waals surface area contributed by atoms with Crippen molar-refractivity contribution in [1.82, 2.24) is 9.88 Å². The Kier molecular flexibility index (Phi) is 6.84. The first kappa shape index (κ1) is 19.1. The highest BCUT2D eigenvalue weighted by Gasteiger charge is 2.12. The number of amides is 3. The molecule has 0 saturated heterocycles. The minimum Gasteiger partial charge on any atom is -0.338 e. The predicted molar refractivity (Wildman–Crippen MR) is 99.3 cm³/mol. The Labute approximate surface area is 152 Å². The minimum absolute atomic E-state index is 0.102. The average Bonchev–Trinajstić information content (AvgIpc) is 2.59. The molecular formula is C19H22N4O3. The maximum absolute atomic E-state index is 12.2. The lowest BCUT2D eigenvalue weighted by molar-refractivity contribution is -0.130. The van der Waals surface area contributed by atoms with Crippen LogP contribution in [0.3, 0.4) is 0 Å². The van der Waals surface area contributed by atoms with Crippen molar-refractivity contribution in [3.05, 3.63) is 54.4 Å². The highest BCUT2D eigenvalue weighted by atomic mass is 16.2. The van der Waals surface area contributed by atoms with Crippen LogP contribution < -0.4 is 10.6 Å². The molecule has 7 heteroatoms. The van der Waals surface area contributed by atoms with E-state index in [1.165, 1.54) is 13.8 Å². The monoisotopic (exact) mass is 354 g/mol. The lowest BCUT2D eigenvalue weighted by atomic mass is 10.2. The first-order valence-corrected chi connectivity index (χ1v) is 8.26. The lowest BCUT2D eigenvalue weighted by Crippen LogP contribution is -2.31. The van der Waals surface area contributed by atoms with Crippen LogP contribution in [0.5, 0.6) is 0 Å². The first-order chi connectivity index (χ1) is 12.4. The molecule has 0 atom stereocenters. The summed E-state index contributed by atoms with van der Waals surface area (Å²) in [6, 6.07) is 10.6. The zero-order valence-electron chi connectivity index (χ0n) is 14.9. The van der Waals surface area contributed by atoms with Crippen molar-refractivity contribution in [3.63, 3.8) is 0 Å². The molecule has 3 amide bonds. The van der Waals surface area contributed by atoms with Crippen molar-refractivity contribution in [2.75, 3.05) is 17.2 Å². The zero-order valence-corrected chi connectivity index (χ0v) is 14.9. The van der Waals surface area contributed by atoms with E-state index in [0.29, 0.717) is 24.5 Å². The Hall–Kier alpha value is -3.22. The van der Waals surface area contributed by atoms with Gasteiger partial charge in [-0.05, 0) is 29.8 Å². The molecule has 1 aromatic heterocycles. The van der Waals surface area contributed by atoms with Gasteiger partial charge < -0.3 is 15.5 Å². The number of anilines is 2. The maximum atomic E-state index is 12.2. The van der Waals surface area contributed by atoms with Crippen molar-refractivity contribution < 1.29 is 14.4 Å². The Morgan fingerprint density at radius 3 is 2.38 bits per heavy atom. The van der Waals surface area contributed by atoms with Crippen LogP contribution in [-0.2, 0) is 20.9 Å². The van der Waals surface area contributed by atoms with Crippen molar-refractivity contribution in [3.8, 4) is 0 Å². The van der Waals surface area contributed by atoms with Crippen LogP contribution in [0.15, 0.2) is 48.8 Å². The minimum atomic E-state index is -0.206. The van der Waals surface area contributed by atoms with Gasteiger partial charge in [-0.15, -0.1) is 0 Å². The first-order valence-electron chi connectivity index (χ1n) is 8.26. The summed E-state index contributed by atoms with van der Waals surface area (Å²) in [5.41, 5.74) is 2.10. The van der Waals surface area contributed by atoms with E-state index in [4.69, 9.17) is 0 Å². The fourth-order valence-corrected chi connectivity index (χ4v) is 2.40. The Morgan fingerprint density at radius 2 is 1.77 bits per heavy atom. The summed E-state index contributed by atoms with van der Waals surface area (Å²) in [6.45, 7) is 3.62. The highest BCUT2D eigenvalue weighted by Crippen LogP contribution is 2.15. The molecule has 0 spiro atoms. The van der Waals surface area contributed by atoms with Crippen LogP contribution >= 0.6 is 0 Å². The third-order valence-corrected chi connectivity index (χ3v) is 3.62. The molecule has 7 nitrogen and oxygen atoms in total. The van der Waals surface area contributed by atoms with Crippen molar-refractivity contribution in [2.45, 2.75) is 26.8 Å². The van der Waals surface area contributed by atoms with Crippen LogP contribution in [0, 0.1) is 0 Å². The number of hydrogen-bond acceptors (Lipinski definition) is 4. The van der Waals surface area contributed by atoms with E-state index < -0.39 is 0 Å². The average molecular weight is 354 g/mol. The number of hydrogen-bond donors (Lipinski definition) is 2. The maximum Gasteiger partial charge on any atom is 0.226 e. The van der Waals surface area contributed by atoms with Crippen molar-refractivity contribution in [2.24, 2.45) is 0 Å². The van der Waals surface area contributed by atoms with E-state index in [0.717, 1.165) is 5.56 Å². The van der Waals surface area contributed by atoms with Gasteiger partial charge in [0.2, 0.25) is 17.7 Å². The van der Waals surface area contributed by atoms with Gasteiger partial charge in [0.05, 0.1) is 0 Å². The van der Waals surface area contributed by atoms with Crippen LogP contribution in [0.2, 0.25) is 0 Å². The molecule has 26 heavy (non-hydrogen) atoms. The molecule has 0 saturated carbocycles. The van der Waals surface area contributed by atoms with Gasteiger partial charge in [0.1, 0.15) is 0 Å². The summed E-state index contributed by atoms with van der Waals surface area (Å²) in [6.07, 6.45) is 3.54. The van der Waals surface area contributed by atoms with Crippen LogP contribution in [0.25, 0.3) is 0 Å². The molecule has 1 aromatic carbocycles. The molecule has 0 aliphatic carbocycles. The lowest BCUT2D eigenvalue weighted by Gasteiger charge is -2.20. The number of benzene rings is 1. The standard InChI is InChI=1S/C19H22N4O3/c1-14(24)21-17-6-3-7-18(11-17)22-19(26)8-10-23(15(2)25)13-16-5-4-9-20-12-16/h3-7,9,11-12H,8,10,13H2,1-2H3,(H,21,24)(H,22,26). The summed E-state index contributed by atoms with van der Waals surface area (Å²) in [7, 11) is 0. The van der Waals surface area contributed by atoms with Crippen LogP contribution in [0.1, 0.15) is 25.8 Å². The normalized spacial score (nSPS) is 10.1. The second kappa shape index (κ2) is 9.31. The molecule has 0 bridgehead atoms. The van der Waals surface area contributed by atoms with Gasteiger partial charge in [-0.3, -0.25) is 19.4 Å².